The Morgan fingerprint density at radius 2 is 1.74 bits per heavy atom. The molecule has 0 saturated heterocycles. The molecule has 0 aliphatic heterocycles. The highest BCUT2D eigenvalue weighted by molar-refractivity contribution is 5.94. The molecule has 0 spiro atoms. The summed E-state index contributed by atoms with van der Waals surface area (Å²) in [6.45, 7) is 9.31. The lowest BCUT2D eigenvalue weighted by atomic mass is 10.1. The number of nitrogens with one attached hydrogen (secondary N) is 1. The molecule has 3 rings (SSSR count). The lowest BCUT2D eigenvalue weighted by Crippen LogP contribution is -2.34. The largest absolute Gasteiger partial charge is 0.497 e. The van der Waals surface area contributed by atoms with E-state index in [9.17, 15) is 9.59 Å². The van der Waals surface area contributed by atoms with Gasteiger partial charge in [0, 0.05) is 31.6 Å². The van der Waals surface area contributed by atoms with Crippen LogP contribution in [0.25, 0.3) is 11.0 Å². The van der Waals surface area contributed by atoms with Crippen molar-refractivity contribution in [2.75, 3.05) is 26.7 Å². The van der Waals surface area contributed by atoms with Crippen molar-refractivity contribution in [1.29, 1.82) is 0 Å². The molecule has 0 saturated carbocycles. The zero-order valence-corrected chi connectivity index (χ0v) is 20.4. The van der Waals surface area contributed by atoms with Gasteiger partial charge in [0.15, 0.2) is 0 Å². The highest BCUT2D eigenvalue weighted by Gasteiger charge is 2.17. The first-order chi connectivity index (χ1) is 17.1. The van der Waals surface area contributed by atoms with Crippen LogP contribution < -0.4 is 10.1 Å². The molecular weight excluding hydrogens is 440 g/mol. The van der Waals surface area contributed by atoms with Crippen LogP contribution in [0.1, 0.15) is 35.4 Å². The second-order valence-electron chi connectivity index (χ2n) is 8.27. The van der Waals surface area contributed by atoms with Crippen molar-refractivity contribution in [2.45, 2.75) is 32.2 Å². The molecular formula is C28H34N4O3. The first kappa shape index (κ1) is 25.7. The molecule has 0 unspecified atom stereocenters. The van der Waals surface area contributed by atoms with E-state index in [2.05, 4.69) is 18.5 Å². The quantitative estimate of drug-likeness (QED) is 0.278. The smallest absolute Gasteiger partial charge is 0.251 e. The Kier molecular flexibility index (Phi) is 9.66. The van der Waals surface area contributed by atoms with Gasteiger partial charge in [-0.25, -0.2) is 4.98 Å². The standard InChI is InChI=1S/C28H34N4O3/c1-4-19-31(20-5-2)27(33)21-32-25-12-9-8-11-24(25)30-26(32)13-7-6-10-18-29-28(34)22-14-16-23(35-3)17-15-22/h4-5,8-9,11-12,14-17H,1-2,6-7,10,13,18-21H2,3H3,(H,29,34). The number of carbonyl (C=O) groups excluding carboxylic acids is 2. The summed E-state index contributed by atoms with van der Waals surface area (Å²) in [7, 11) is 1.60. The van der Waals surface area contributed by atoms with Crippen molar-refractivity contribution in [3.05, 3.63) is 85.2 Å². The summed E-state index contributed by atoms with van der Waals surface area (Å²) in [5.74, 6) is 1.55. The van der Waals surface area contributed by atoms with Crippen LogP contribution in [0.2, 0.25) is 0 Å². The topological polar surface area (TPSA) is 76.5 Å². The maximum atomic E-state index is 13.0. The van der Waals surface area contributed by atoms with Crippen molar-refractivity contribution in [3.8, 4) is 5.75 Å². The van der Waals surface area contributed by atoms with Gasteiger partial charge in [-0.15, -0.1) is 13.2 Å². The predicted octanol–water partition coefficient (Wildman–Crippen LogP) is 4.39. The Labute approximate surface area is 207 Å². The maximum Gasteiger partial charge on any atom is 0.251 e. The molecule has 7 heteroatoms. The number of unbranched alkanes of at least 4 members (excludes halogenated alkanes) is 2. The Bertz CT molecular complexity index is 1140. The number of para-hydroxylation sites is 2. The lowest BCUT2D eigenvalue weighted by Gasteiger charge is -2.20. The fourth-order valence-electron chi connectivity index (χ4n) is 3.95. The summed E-state index contributed by atoms with van der Waals surface area (Å²) < 4.78 is 7.14. The van der Waals surface area contributed by atoms with Crippen LogP contribution in [0.5, 0.6) is 5.75 Å². The SMILES string of the molecule is C=CCN(CC=C)C(=O)Cn1c(CCCCCNC(=O)c2ccc(OC)cc2)nc2ccccc21. The molecule has 184 valence electrons. The van der Waals surface area contributed by atoms with E-state index < -0.39 is 0 Å². The van der Waals surface area contributed by atoms with Crippen LogP contribution in [0.4, 0.5) is 0 Å². The van der Waals surface area contributed by atoms with E-state index in [1.165, 1.54) is 0 Å². The van der Waals surface area contributed by atoms with Gasteiger partial charge in [-0.2, -0.15) is 0 Å². The van der Waals surface area contributed by atoms with Gasteiger partial charge in [0.25, 0.3) is 5.91 Å². The van der Waals surface area contributed by atoms with Crippen LogP contribution in [-0.2, 0) is 17.8 Å². The lowest BCUT2D eigenvalue weighted by molar-refractivity contribution is -0.130. The van der Waals surface area contributed by atoms with E-state index in [-0.39, 0.29) is 18.4 Å². The van der Waals surface area contributed by atoms with Crippen molar-refractivity contribution in [2.24, 2.45) is 0 Å². The molecule has 35 heavy (non-hydrogen) atoms. The van der Waals surface area contributed by atoms with Gasteiger partial charge in [0.1, 0.15) is 18.1 Å². The first-order valence-electron chi connectivity index (χ1n) is 11.9. The molecule has 2 aromatic carbocycles. The number of carbonyl (C=O) groups is 2. The van der Waals surface area contributed by atoms with Crippen molar-refractivity contribution < 1.29 is 14.3 Å². The van der Waals surface area contributed by atoms with Crippen molar-refractivity contribution in [1.82, 2.24) is 19.8 Å². The van der Waals surface area contributed by atoms with Crippen molar-refractivity contribution in [3.63, 3.8) is 0 Å². The van der Waals surface area contributed by atoms with Gasteiger partial charge in [0.2, 0.25) is 5.91 Å². The van der Waals surface area contributed by atoms with Gasteiger partial charge >= 0.3 is 0 Å². The van der Waals surface area contributed by atoms with Crippen molar-refractivity contribution >= 4 is 22.8 Å². The average Bonchev–Trinajstić information content (AvgIpc) is 3.22. The molecule has 0 fully saturated rings. The summed E-state index contributed by atoms with van der Waals surface area (Å²) in [4.78, 5) is 31.7. The van der Waals surface area contributed by atoms with Crippen LogP contribution in [0.3, 0.4) is 0 Å². The Morgan fingerprint density at radius 1 is 1.03 bits per heavy atom. The number of amides is 2. The molecule has 1 aromatic heterocycles. The van der Waals surface area contributed by atoms with E-state index in [0.29, 0.717) is 25.2 Å². The summed E-state index contributed by atoms with van der Waals surface area (Å²) in [5.41, 5.74) is 2.46. The average molecular weight is 475 g/mol. The zero-order valence-electron chi connectivity index (χ0n) is 20.4. The molecule has 1 heterocycles. The second-order valence-corrected chi connectivity index (χ2v) is 8.27. The van der Waals surface area contributed by atoms with E-state index in [0.717, 1.165) is 48.3 Å². The molecule has 7 nitrogen and oxygen atoms in total. The Hall–Kier alpha value is -3.87. The Morgan fingerprint density at radius 3 is 2.43 bits per heavy atom. The third kappa shape index (κ3) is 7.06. The number of aromatic nitrogens is 2. The highest BCUT2D eigenvalue weighted by atomic mass is 16.5. The van der Waals surface area contributed by atoms with Crippen LogP contribution in [0.15, 0.2) is 73.8 Å². The third-order valence-corrected chi connectivity index (χ3v) is 5.79. The van der Waals surface area contributed by atoms with E-state index in [1.807, 2.05) is 28.8 Å². The normalized spacial score (nSPS) is 10.7. The highest BCUT2D eigenvalue weighted by Crippen LogP contribution is 2.18. The number of nitrogens with zero attached hydrogens (tertiary/aromatic N) is 3. The number of imidazole rings is 1. The van der Waals surface area contributed by atoms with Gasteiger partial charge in [0.05, 0.1) is 18.1 Å². The summed E-state index contributed by atoms with van der Waals surface area (Å²) in [6.07, 6.45) is 6.94. The van der Waals surface area contributed by atoms with Crippen LogP contribution in [0, 0.1) is 0 Å². The minimum absolute atomic E-state index is 0.00967. The first-order valence-corrected chi connectivity index (χ1v) is 11.9. The maximum absolute atomic E-state index is 13.0. The van der Waals surface area contributed by atoms with Crippen LogP contribution in [-0.4, -0.2) is 53.0 Å². The minimum atomic E-state index is -0.0865. The molecule has 0 radical (unpaired) electrons. The molecule has 0 bridgehead atoms. The summed E-state index contributed by atoms with van der Waals surface area (Å²) >= 11 is 0. The van der Waals surface area contributed by atoms with E-state index in [1.54, 1.807) is 48.4 Å². The van der Waals surface area contributed by atoms with E-state index >= 15 is 0 Å². The van der Waals surface area contributed by atoms with E-state index in [4.69, 9.17) is 9.72 Å². The van der Waals surface area contributed by atoms with Gasteiger partial charge in [-0.1, -0.05) is 30.7 Å². The fraction of sp³-hybridized carbons (Fsp3) is 0.321. The number of benzene rings is 2. The number of ether oxygens (including phenoxy) is 1. The number of methoxy groups -OCH3 is 1. The number of aryl methyl sites for hydroxylation is 1. The second kappa shape index (κ2) is 13.1. The number of hydrogen-bond donors (Lipinski definition) is 1. The molecule has 3 aromatic rings. The van der Waals surface area contributed by atoms with Gasteiger partial charge in [-0.3, -0.25) is 9.59 Å². The molecule has 0 aliphatic carbocycles. The fourth-order valence-corrected chi connectivity index (χ4v) is 3.95. The molecule has 2 amide bonds. The predicted molar refractivity (Wildman–Crippen MR) is 140 cm³/mol. The molecule has 0 atom stereocenters. The monoisotopic (exact) mass is 474 g/mol. The van der Waals surface area contributed by atoms with Gasteiger partial charge in [-0.05, 0) is 49.2 Å². The van der Waals surface area contributed by atoms with Gasteiger partial charge < -0.3 is 19.5 Å². The Balaban J connectivity index is 1.54. The summed E-state index contributed by atoms with van der Waals surface area (Å²) in [5, 5.41) is 2.96. The third-order valence-electron chi connectivity index (χ3n) is 5.79. The zero-order chi connectivity index (χ0) is 25.0. The molecule has 1 N–H and O–H groups in total. The number of fused-ring (bicyclic) bond motifs is 1. The summed E-state index contributed by atoms with van der Waals surface area (Å²) in [6, 6.07) is 15.0. The number of hydrogen-bond acceptors (Lipinski definition) is 4. The minimum Gasteiger partial charge on any atom is -0.497 e. The molecule has 0 aliphatic rings. The van der Waals surface area contributed by atoms with Crippen LogP contribution >= 0.6 is 0 Å². The number of rotatable bonds is 14.